The third-order valence-corrected chi connectivity index (χ3v) is 4.47. The number of anilines is 1. The molecule has 1 aliphatic rings. The van der Waals surface area contributed by atoms with E-state index in [0.717, 1.165) is 18.2 Å². The SMILES string of the molecule is O=C(c1cccc(Cl)c1)c1cnc(N2CCCC2)s1. The molecule has 19 heavy (non-hydrogen) atoms. The number of thiazole rings is 1. The summed E-state index contributed by atoms with van der Waals surface area (Å²) in [7, 11) is 0. The van der Waals surface area contributed by atoms with E-state index < -0.39 is 0 Å². The van der Waals surface area contributed by atoms with Gasteiger partial charge >= 0.3 is 0 Å². The number of hydrogen-bond acceptors (Lipinski definition) is 4. The minimum atomic E-state index is -0.00885. The summed E-state index contributed by atoms with van der Waals surface area (Å²) in [5, 5.41) is 1.53. The summed E-state index contributed by atoms with van der Waals surface area (Å²) in [6.07, 6.45) is 4.08. The molecule has 0 spiro atoms. The second-order valence-electron chi connectivity index (χ2n) is 4.54. The second kappa shape index (κ2) is 5.31. The lowest BCUT2D eigenvalue weighted by atomic mass is 10.1. The van der Waals surface area contributed by atoms with Gasteiger partial charge in [0.25, 0.3) is 0 Å². The molecule has 0 radical (unpaired) electrons. The number of ketones is 1. The van der Waals surface area contributed by atoms with Gasteiger partial charge in [0.15, 0.2) is 5.13 Å². The van der Waals surface area contributed by atoms with E-state index >= 15 is 0 Å². The van der Waals surface area contributed by atoms with E-state index in [2.05, 4.69) is 9.88 Å². The van der Waals surface area contributed by atoms with Crippen molar-refractivity contribution in [3.8, 4) is 0 Å². The molecular weight excluding hydrogens is 280 g/mol. The quantitative estimate of drug-likeness (QED) is 0.810. The molecule has 0 saturated carbocycles. The van der Waals surface area contributed by atoms with Gasteiger partial charge in [-0.25, -0.2) is 4.98 Å². The molecule has 0 atom stereocenters. The first-order chi connectivity index (χ1) is 9.24. The summed E-state index contributed by atoms with van der Waals surface area (Å²) in [5.41, 5.74) is 0.615. The van der Waals surface area contributed by atoms with Crippen molar-refractivity contribution in [2.24, 2.45) is 0 Å². The Hall–Kier alpha value is -1.39. The van der Waals surface area contributed by atoms with Crippen molar-refractivity contribution in [1.29, 1.82) is 0 Å². The number of carbonyl (C=O) groups excluding carboxylic acids is 1. The molecule has 98 valence electrons. The minimum absolute atomic E-state index is 0.00885. The Kier molecular flexibility index (Phi) is 3.53. The van der Waals surface area contributed by atoms with Crippen LogP contribution in [-0.4, -0.2) is 23.9 Å². The molecule has 1 aromatic heterocycles. The molecule has 0 unspecified atom stereocenters. The molecule has 2 heterocycles. The van der Waals surface area contributed by atoms with Crippen molar-refractivity contribution in [3.63, 3.8) is 0 Å². The van der Waals surface area contributed by atoms with E-state index in [1.165, 1.54) is 24.2 Å². The van der Waals surface area contributed by atoms with Crippen LogP contribution in [0.1, 0.15) is 28.1 Å². The number of hydrogen-bond donors (Lipinski definition) is 0. The fourth-order valence-corrected chi connectivity index (χ4v) is 3.32. The summed E-state index contributed by atoms with van der Waals surface area (Å²) < 4.78 is 0. The van der Waals surface area contributed by atoms with Gasteiger partial charge < -0.3 is 4.90 Å². The molecule has 0 bridgehead atoms. The Morgan fingerprint density at radius 1 is 1.32 bits per heavy atom. The van der Waals surface area contributed by atoms with Crippen LogP contribution in [0.3, 0.4) is 0 Å². The van der Waals surface area contributed by atoms with E-state index in [4.69, 9.17) is 11.6 Å². The Bertz CT molecular complexity index is 605. The standard InChI is InChI=1S/C14H13ClN2OS/c15-11-5-3-4-10(8-11)13(18)12-9-16-14(19-12)17-6-1-2-7-17/h3-5,8-9H,1-2,6-7H2. The molecule has 2 aromatic rings. The highest BCUT2D eigenvalue weighted by Crippen LogP contribution is 2.27. The minimum Gasteiger partial charge on any atom is -0.348 e. The van der Waals surface area contributed by atoms with Crippen LogP contribution < -0.4 is 4.90 Å². The zero-order valence-electron chi connectivity index (χ0n) is 10.3. The van der Waals surface area contributed by atoms with Gasteiger partial charge in [-0.2, -0.15) is 0 Å². The van der Waals surface area contributed by atoms with Gasteiger partial charge in [0.2, 0.25) is 5.78 Å². The van der Waals surface area contributed by atoms with E-state index in [9.17, 15) is 4.79 Å². The topological polar surface area (TPSA) is 33.2 Å². The van der Waals surface area contributed by atoms with Crippen LogP contribution >= 0.6 is 22.9 Å². The zero-order valence-corrected chi connectivity index (χ0v) is 11.9. The lowest BCUT2D eigenvalue weighted by Gasteiger charge is -2.11. The predicted molar refractivity (Wildman–Crippen MR) is 78.4 cm³/mol. The summed E-state index contributed by atoms with van der Waals surface area (Å²) in [5.74, 6) is -0.00885. The van der Waals surface area contributed by atoms with E-state index in [1.54, 1.807) is 30.5 Å². The molecule has 0 amide bonds. The molecule has 0 N–H and O–H groups in total. The number of benzene rings is 1. The Morgan fingerprint density at radius 2 is 2.11 bits per heavy atom. The highest BCUT2D eigenvalue weighted by Gasteiger charge is 2.18. The number of halogens is 1. The lowest BCUT2D eigenvalue weighted by molar-refractivity contribution is 0.104. The smallest absolute Gasteiger partial charge is 0.204 e. The largest absolute Gasteiger partial charge is 0.348 e. The van der Waals surface area contributed by atoms with Gasteiger partial charge in [-0.05, 0) is 25.0 Å². The van der Waals surface area contributed by atoms with Crippen molar-refractivity contribution in [1.82, 2.24) is 4.98 Å². The zero-order chi connectivity index (χ0) is 13.2. The molecule has 3 nitrogen and oxygen atoms in total. The van der Waals surface area contributed by atoms with Gasteiger partial charge in [0, 0.05) is 23.7 Å². The first-order valence-corrected chi connectivity index (χ1v) is 7.44. The van der Waals surface area contributed by atoms with E-state index in [0.29, 0.717) is 15.5 Å². The first kappa shape index (κ1) is 12.6. The molecule has 1 aliphatic heterocycles. The fourth-order valence-electron chi connectivity index (χ4n) is 2.20. The maximum Gasteiger partial charge on any atom is 0.204 e. The van der Waals surface area contributed by atoms with Crippen LogP contribution in [0, 0.1) is 0 Å². The second-order valence-corrected chi connectivity index (χ2v) is 5.99. The maximum atomic E-state index is 12.3. The Morgan fingerprint density at radius 3 is 2.84 bits per heavy atom. The lowest BCUT2D eigenvalue weighted by Crippen LogP contribution is -2.16. The molecule has 1 fully saturated rings. The highest BCUT2D eigenvalue weighted by molar-refractivity contribution is 7.17. The number of aromatic nitrogens is 1. The molecule has 1 saturated heterocycles. The fraction of sp³-hybridized carbons (Fsp3) is 0.286. The van der Waals surface area contributed by atoms with Crippen molar-refractivity contribution in [2.75, 3.05) is 18.0 Å². The molecule has 0 aliphatic carbocycles. The van der Waals surface area contributed by atoms with Crippen LogP contribution in [0.5, 0.6) is 0 Å². The monoisotopic (exact) mass is 292 g/mol. The average molecular weight is 293 g/mol. The predicted octanol–water partition coefficient (Wildman–Crippen LogP) is 3.63. The van der Waals surface area contributed by atoms with Crippen LogP contribution in [0.15, 0.2) is 30.5 Å². The summed E-state index contributed by atoms with van der Waals surface area (Å²) in [4.78, 5) is 19.6. The molecule has 1 aromatic carbocycles. The van der Waals surface area contributed by atoms with Gasteiger partial charge in [-0.3, -0.25) is 4.79 Å². The summed E-state index contributed by atoms with van der Waals surface area (Å²) in [6.45, 7) is 2.08. The van der Waals surface area contributed by atoms with Crippen molar-refractivity contribution >= 4 is 33.9 Å². The van der Waals surface area contributed by atoms with Crippen LogP contribution in [0.4, 0.5) is 5.13 Å². The highest BCUT2D eigenvalue weighted by atomic mass is 35.5. The van der Waals surface area contributed by atoms with E-state index in [-0.39, 0.29) is 5.78 Å². The third-order valence-electron chi connectivity index (χ3n) is 3.18. The van der Waals surface area contributed by atoms with Gasteiger partial charge in [-0.15, -0.1) is 0 Å². The number of rotatable bonds is 3. The van der Waals surface area contributed by atoms with Crippen LogP contribution in [0.2, 0.25) is 5.02 Å². The summed E-state index contributed by atoms with van der Waals surface area (Å²) >= 11 is 7.37. The van der Waals surface area contributed by atoms with E-state index in [1.807, 2.05) is 0 Å². The molecule has 3 rings (SSSR count). The maximum absolute atomic E-state index is 12.3. The third kappa shape index (κ3) is 2.65. The normalized spacial score (nSPS) is 14.9. The molecule has 5 heteroatoms. The Balaban J connectivity index is 1.84. The number of nitrogens with zero attached hydrogens (tertiary/aromatic N) is 2. The van der Waals surface area contributed by atoms with Crippen LogP contribution in [0.25, 0.3) is 0 Å². The number of carbonyl (C=O) groups is 1. The van der Waals surface area contributed by atoms with Crippen molar-refractivity contribution < 1.29 is 4.79 Å². The van der Waals surface area contributed by atoms with Crippen LogP contribution in [-0.2, 0) is 0 Å². The molecular formula is C14H13ClN2OS. The van der Waals surface area contributed by atoms with Crippen molar-refractivity contribution in [2.45, 2.75) is 12.8 Å². The summed E-state index contributed by atoms with van der Waals surface area (Å²) in [6, 6.07) is 7.03. The van der Waals surface area contributed by atoms with Gasteiger partial charge in [0.1, 0.15) is 0 Å². The van der Waals surface area contributed by atoms with Gasteiger partial charge in [0.05, 0.1) is 11.1 Å². The van der Waals surface area contributed by atoms with Crippen molar-refractivity contribution in [3.05, 3.63) is 45.9 Å². The average Bonchev–Trinajstić information content (AvgIpc) is 3.08. The van der Waals surface area contributed by atoms with Gasteiger partial charge in [-0.1, -0.05) is 35.1 Å². The first-order valence-electron chi connectivity index (χ1n) is 6.25. The Labute approximate surface area is 120 Å².